The van der Waals surface area contributed by atoms with Crippen LogP contribution in [0.5, 0.6) is 5.75 Å². The van der Waals surface area contributed by atoms with Gasteiger partial charge in [0.15, 0.2) is 6.39 Å². The second-order valence-electron chi connectivity index (χ2n) is 6.28. The predicted molar refractivity (Wildman–Crippen MR) is 107 cm³/mol. The van der Waals surface area contributed by atoms with E-state index in [1.165, 1.54) is 22.8 Å². The van der Waals surface area contributed by atoms with Crippen LogP contribution in [0.4, 0.5) is 11.4 Å². The summed E-state index contributed by atoms with van der Waals surface area (Å²) in [6, 6.07) is 10.9. The highest BCUT2D eigenvalue weighted by atomic mass is 35.5. The zero-order chi connectivity index (χ0) is 20.6. The third kappa shape index (κ3) is 3.66. The molecule has 1 aliphatic heterocycles. The van der Waals surface area contributed by atoms with Crippen molar-refractivity contribution in [3.8, 4) is 5.75 Å². The number of carbonyl (C=O) groups is 1. The van der Waals surface area contributed by atoms with Crippen molar-refractivity contribution in [2.75, 3.05) is 22.8 Å². The van der Waals surface area contributed by atoms with Crippen molar-refractivity contribution >= 4 is 38.9 Å². The van der Waals surface area contributed by atoms with Gasteiger partial charge in [-0.2, -0.15) is 0 Å². The van der Waals surface area contributed by atoms with Gasteiger partial charge < -0.3 is 14.5 Å². The number of ether oxygens (including phenoxy) is 1. The van der Waals surface area contributed by atoms with Gasteiger partial charge in [-0.3, -0.25) is 9.10 Å². The van der Waals surface area contributed by atoms with E-state index in [0.29, 0.717) is 16.4 Å². The Labute approximate surface area is 172 Å². The van der Waals surface area contributed by atoms with E-state index in [-0.39, 0.29) is 35.2 Å². The topological polar surface area (TPSA) is 102 Å². The molecule has 0 saturated heterocycles. The summed E-state index contributed by atoms with van der Waals surface area (Å²) in [5, 5.41) is 3.13. The predicted octanol–water partition coefficient (Wildman–Crippen LogP) is 3.48. The van der Waals surface area contributed by atoms with Crippen molar-refractivity contribution in [1.82, 2.24) is 4.98 Å². The van der Waals surface area contributed by atoms with Crippen molar-refractivity contribution in [2.45, 2.75) is 11.8 Å². The molecular weight excluding hydrogens is 418 g/mol. The van der Waals surface area contributed by atoms with Crippen molar-refractivity contribution in [3.05, 3.63) is 65.3 Å². The third-order valence-corrected chi connectivity index (χ3v) is 6.49. The highest BCUT2D eigenvalue weighted by Crippen LogP contribution is 2.34. The molecule has 0 bridgehead atoms. The maximum absolute atomic E-state index is 13.3. The summed E-state index contributed by atoms with van der Waals surface area (Å²) in [5.74, 6) is -0.251. The summed E-state index contributed by atoms with van der Waals surface area (Å²) in [6.07, 6.45) is 1.17. The van der Waals surface area contributed by atoms with Crippen molar-refractivity contribution in [1.29, 1.82) is 0 Å². The molecule has 0 saturated carbocycles. The quantitative estimate of drug-likeness (QED) is 0.678. The molecule has 10 heteroatoms. The molecule has 2 heterocycles. The van der Waals surface area contributed by atoms with Crippen LogP contribution in [0.1, 0.15) is 16.2 Å². The highest BCUT2D eigenvalue weighted by molar-refractivity contribution is 7.93. The molecule has 0 aliphatic carbocycles. The Balaban J connectivity index is 1.70. The van der Waals surface area contributed by atoms with E-state index in [4.69, 9.17) is 20.8 Å². The van der Waals surface area contributed by atoms with Gasteiger partial charge in [0.25, 0.3) is 15.9 Å². The van der Waals surface area contributed by atoms with Crippen LogP contribution in [0.25, 0.3) is 0 Å². The average Bonchev–Trinajstić information content (AvgIpc) is 3.07. The Bertz CT molecular complexity index is 1170. The molecule has 150 valence electrons. The molecule has 0 unspecified atom stereocenters. The number of nitrogens with zero attached hydrogens (tertiary/aromatic N) is 2. The number of carbonyl (C=O) groups excluding carboxylic acids is 1. The van der Waals surface area contributed by atoms with Gasteiger partial charge in [-0.1, -0.05) is 11.6 Å². The largest absolute Gasteiger partial charge is 0.490 e. The fourth-order valence-electron chi connectivity index (χ4n) is 2.97. The first-order valence-corrected chi connectivity index (χ1v) is 10.4. The van der Waals surface area contributed by atoms with Crippen LogP contribution in [0, 0.1) is 6.92 Å². The number of halogens is 1. The van der Waals surface area contributed by atoms with Gasteiger partial charge in [0.05, 0.1) is 17.9 Å². The highest BCUT2D eigenvalue weighted by Gasteiger charge is 2.31. The van der Waals surface area contributed by atoms with Gasteiger partial charge in [-0.05, 0) is 49.4 Å². The molecule has 29 heavy (non-hydrogen) atoms. The lowest BCUT2D eigenvalue weighted by Gasteiger charge is -2.22. The van der Waals surface area contributed by atoms with Crippen LogP contribution in [0.15, 0.2) is 58.2 Å². The van der Waals surface area contributed by atoms with Crippen molar-refractivity contribution in [3.63, 3.8) is 0 Å². The first-order valence-electron chi connectivity index (χ1n) is 8.63. The Kier molecular flexibility index (Phi) is 4.93. The monoisotopic (exact) mass is 433 g/mol. The molecule has 1 N–H and O–H groups in total. The van der Waals surface area contributed by atoms with E-state index in [1.54, 1.807) is 37.3 Å². The minimum absolute atomic E-state index is 0.0444. The Morgan fingerprint density at radius 3 is 2.66 bits per heavy atom. The Hall–Kier alpha value is -3.04. The van der Waals surface area contributed by atoms with E-state index in [9.17, 15) is 13.2 Å². The number of aromatic nitrogens is 1. The molecule has 1 aromatic heterocycles. The number of benzene rings is 2. The summed E-state index contributed by atoms with van der Waals surface area (Å²) in [6.45, 7) is 1.95. The van der Waals surface area contributed by atoms with Gasteiger partial charge in [-0.25, -0.2) is 13.4 Å². The summed E-state index contributed by atoms with van der Waals surface area (Å²) in [4.78, 5) is 16.2. The Morgan fingerprint density at radius 1 is 1.21 bits per heavy atom. The molecular formula is C19H16ClN3O5S. The van der Waals surface area contributed by atoms with Crippen molar-refractivity contribution < 1.29 is 22.4 Å². The molecule has 0 fully saturated rings. The minimum atomic E-state index is -3.93. The number of hydrogen-bond acceptors (Lipinski definition) is 6. The number of fused-ring (bicyclic) bond motifs is 1. The third-order valence-electron chi connectivity index (χ3n) is 4.39. The summed E-state index contributed by atoms with van der Waals surface area (Å²) >= 11 is 5.91. The number of oxazole rings is 1. The van der Waals surface area contributed by atoms with Crippen LogP contribution in [-0.4, -0.2) is 32.5 Å². The normalized spacial score (nSPS) is 15.2. The van der Waals surface area contributed by atoms with Gasteiger partial charge in [-0.15, -0.1) is 0 Å². The zero-order valence-electron chi connectivity index (χ0n) is 15.3. The second kappa shape index (κ2) is 7.41. The lowest BCUT2D eigenvalue weighted by molar-refractivity contribution is 0.0996. The number of amides is 1. The van der Waals surface area contributed by atoms with Gasteiger partial charge in [0, 0.05) is 10.7 Å². The molecule has 4 rings (SSSR count). The van der Waals surface area contributed by atoms with Crippen LogP contribution in [0.2, 0.25) is 5.02 Å². The fraction of sp³-hybridized carbons (Fsp3) is 0.158. The van der Waals surface area contributed by atoms with Crippen molar-refractivity contribution in [2.24, 2.45) is 0 Å². The van der Waals surface area contributed by atoms with Crippen LogP contribution < -0.4 is 14.4 Å². The number of anilines is 2. The number of nitrogens with one attached hydrogen (secondary N) is 1. The van der Waals surface area contributed by atoms with E-state index >= 15 is 0 Å². The summed E-state index contributed by atoms with van der Waals surface area (Å²) in [7, 11) is -3.93. The maximum Gasteiger partial charge on any atom is 0.293 e. The van der Waals surface area contributed by atoms with Crippen LogP contribution >= 0.6 is 11.6 Å². The van der Waals surface area contributed by atoms with E-state index in [2.05, 4.69) is 10.3 Å². The van der Waals surface area contributed by atoms with Crippen LogP contribution in [-0.2, 0) is 10.0 Å². The average molecular weight is 434 g/mol. The first-order chi connectivity index (χ1) is 13.9. The molecule has 0 radical (unpaired) electrons. The number of aryl methyl sites for hydroxylation is 1. The standard InChI is InChI=1S/C19H16ClN3O5S/c1-12-18(28-11-21-12)19(24)22-14-4-7-16-17(10-14)29(25,26)23(8-9-27-16)15-5-2-13(20)3-6-15/h2-7,10-11H,8-9H2,1H3,(H,22,24). The lowest BCUT2D eigenvalue weighted by Crippen LogP contribution is -2.32. The molecule has 0 spiro atoms. The molecule has 8 nitrogen and oxygen atoms in total. The maximum atomic E-state index is 13.3. The number of hydrogen-bond donors (Lipinski definition) is 1. The fourth-order valence-corrected chi connectivity index (χ4v) is 4.70. The van der Waals surface area contributed by atoms with Gasteiger partial charge in [0.2, 0.25) is 5.76 Å². The smallest absolute Gasteiger partial charge is 0.293 e. The Morgan fingerprint density at radius 2 is 1.97 bits per heavy atom. The molecule has 1 aliphatic rings. The zero-order valence-corrected chi connectivity index (χ0v) is 16.8. The molecule has 1 amide bonds. The molecule has 0 atom stereocenters. The summed E-state index contributed by atoms with van der Waals surface area (Å²) in [5.41, 5.74) is 1.19. The molecule has 2 aromatic carbocycles. The van der Waals surface area contributed by atoms with Crippen LogP contribution in [0.3, 0.4) is 0 Å². The summed E-state index contributed by atoms with van der Waals surface area (Å²) < 4.78 is 38.5. The lowest BCUT2D eigenvalue weighted by atomic mass is 10.2. The van der Waals surface area contributed by atoms with Gasteiger partial charge >= 0.3 is 0 Å². The van der Waals surface area contributed by atoms with E-state index in [0.717, 1.165) is 0 Å². The minimum Gasteiger partial charge on any atom is -0.490 e. The SMILES string of the molecule is Cc1ncoc1C(=O)Nc1ccc2c(c1)S(=O)(=O)N(c1ccc(Cl)cc1)CCO2. The number of rotatable bonds is 3. The first kappa shape index (κ1) is 19.3. The van der Waals surface area contributed by atoms with E-state index < -0.39 is 15.9 Å². The second-order valence-corrected chi connectivity index (χ2v) is 8.55. The molecule has 3 aromatic rings. The van der Waals surface area contributed by atoms with E-state index in [1.807, 2.05) is 0 Å². The number of sulfonamides is 1. The van der Waals surface area contributed by atoms with Gasteiger partial charge in [0.1, 0.15) is 17.3 Å².